The highest BCUT2D eigenvalue weighted by molar-refractivity contribution is 7.92. The second kappa shape index (κ2) is 6.02. The van der Waals surface area contributed by atoms with Crippen molar-refractivity contribution >= 4 is 21.8 Å². The van der Waals surface area contributed by atoms with Crippen molar-refractivity contribution in [3.05, 3.63) is 11.8 Å². The highest BCUT2D eigenvalue weighted by Crippen LogP contribution is 2.15. The van der Waals surface area contributed by atoms with Crippen LogP contribution >= 0.6 is 0 Å². The summed E-state index contributed by atoms with van der Waals surface area (Å²) in [5.41, 5.74) is -0.198. The van der Waals surface area contributed by atoms with E-state index in [2.05, 4.69) is 9.82 Å². The first kappa shape index (κ1) is 15.4. The molecule has 0 unspecified atom stereocenters. The number of hydrogen-bond donors (Lipinski definition) is 2. The summed E-state index contributed by atoms with van der Waals surface area (Å²) in [6.07, 6.45) is 1.02. The van der Waals surface area contributed by atoms with Crippen LogP contribution in [0.5, 0.6) is 0 Å². The molecule has 0 atom stereocenters. The fraction of sp³-hybridized carbons (Fsp3) is 0.600. The lowest BCUT2D eigenvalue weighted by molar-refractivity contribution is 0.0698. The van der Waals surface area contributed by atoms with Crippen LogP contribution < -0.4 is 4.72 Å². The average molecular weight is 291 g/mol. The molecule has 0 aliphatic carbocycles. The van der Waals surface area contributed by atoms with Crippen molar-refractivity contribution in [3.63, 3.8) is 0 Å². The number of anilines is 1. The van der Waals surface area contributed by atoms with Gasteiger partial charge in [0.25, 0.3) is 0 Å². The summed E-state index contributed by atoms with van der Waals surface area (Å²) in [5, 5.41) is 12.6. The molecular formula is C10H17N3O5S. The van der Waals surface area contributed by atoms with Gasteiger partial charge in [0, 0.05) is 7.05 Å². The van der Waals surface area contributed by atoms with E-state index in [1.54, 1.807) is 13.8 Å². The van der Waals surface area contributed by atoms with Crippen LogP contribution in [0, 0.1) is 0 Å². The van der Waals surface area contributed by atoms with E-state index in [1.807, 2.05) is 0 Å². The van der Waals surface area contributed by atoms with Crippen LogP contribution in [0.2, 0.25) is 0 Å². The molecule has 0 radical (unpaired) electrons. The van der Waals surface area contributed by atoms with Gasteiger partial charge in [-0.1, -0.05) is 0 Å². The molecule has 0 spiro atoms. The van der Waals surface area contributed by atoms with E-state index in [0.29, 0.717) is 0 Å². The zero-order valence-electron chi connectivity index (χ0n) is 11.0. The minimum absolute atomic E-state index is 0.0350. The predicted molar refractivity (Wildman–Crippen MR) is 68.7 cm³/mol. The topological polar surface area (TPSA) is 111 Å². The number of nitrogens with zero attached hydrogens (tertiary/aromatic N) is 2. The van der Waals surface area contributed by atoms with Crippen LogP contribution in [0.4, 0.5) is 5.82 Å². The number of aromatic carboxylic acids is 1. The molecule has 1 aromatic heterocycles. The normalized spacial score (nSPS) is 11.8. The number of carboxylic acid groups (broad SMARTS) is 1. The molecule has 0 aliphatic heterocycles. The number of nitrogens with one attached hydrogen (secondary N) is 1. The van der Waals surface area contributed by atoms with Crippen molar-refractivity contribution in [2.75, 3.05) is 17.1 Å². The largest absolute Gasteiger partial charge is 0.477 e. The van der Waals surface area contributed by atoms with Gasteiger partial charge in [-0.15, -0.1) is 0 Å². The van der Waals surface area contributed by atoms with E-state index in [4.69, 9.17) is 9.84 Å². The first-order valence-corrected chi connectivity index (χ1v) is 7.25. The van der Waals surface area contributed by atoms with Gasteiger partial charge in [0.2, 0.25) is 10.0 Å². The second-order valence-electron chi connectivity index (χ2n) is 4.18. The van der Waals surface area contributed by atoms with Crippen molar-refractivity contribution in [2.24, 2.45) is 7.05 Å². The van der Waals surface area contributed by atoms with Crippen LogP contribution in [0.3, 0.4) is 0 Å². The molecule has 1 heterocycles. The van der Waals surface area contributed by atoms with Crippen molar-refractivity contribution in [1.29, 1.82) is 0 Å². The molecule has 108 valence electrons. The van der Waals surface area contributed by atoms with Gasteiger partial charge in [0.05, 0.1) is 24.7 Å². The van der Waals surface area contributed by atoms with Crippen LogP contribution in [0.1, 0.15) is 24.2 Å². The van der Waals surface area contributed by atoms with Gasteiger partial charge in [0.15, 0.2) is 5.82 Å². The lowest BCUT2D eigenvalue weighted by Crippen LogP contribution is -2.23. The zero-order chi connectivity index (χ0) is 14.6. The van der Waals surface area contributed by atoms with Gasteiger partial charge in [-0.25, -0.2) is 13.2 Å². The summed E-state index contributed by atoms with van der Waals surface area (Å²) in [5.74, 6) is -1.57. The summed E-state index contributed by atoms with van der Waals surface area (Å²) < 4.78 is 32.1. The standard InChI is InChI=1S/C10H17N3O5S/c1-7(2)18-4-5-19(16,17)12-9-8(10(14)15)6-11-13(9)3/h6-7,12H,4-5H2,1-3H3,(H,14,15). The maximum absolute atomic E-state index is 11.8. The summed E-state index contributed by atoms with van der Waals surface area (Å²) in [6.45, 7) is 3.63. The van der Waals surface area contributed by atoms with Crippen LogP contribution in [-0.4, -0.2) is 47.7 Å². The minimum Gasteiger partial charge on any atom is -0.477 e. The van der Waals surface area contributed by atoms with E-state index in [9.17, 15) is 13.2 Å². The summed E-state index contributed by atoms with van der Waals surface area (Å²) >= 11 is 0. The smallest absolute Gasteiger partial charge is 0.341 e. The Hall–Kier alpha value is -1.61. The minimum atomic E-state index is -3.68. The van der Waals surface area contributed by atoms with Crippen molar-refractivity contribution < 1.29 is 23.1 Å². The number of hydrogen-bond acceptors (Lipinski definition) is 5. The number of aromatic nitrogens is 2. The number of carbonyl (C=O) groups is 1. The number of carboxylic acids is 1. The van der Waals surface area contributed by atoms with Gasteiger partial charge in [-0.2, -0.15) is 5.10 Å². The number of aryl methyl sites for hydroxylation is 1. The monoisotopic (exact) mass is 291 g/mol. The van der Waals surface area contributed by atoms with Crippen LogP contribution in [0.15, 0.2) is 6.20 Å². The Labute approximate surface area is 111 Å². The van der Waals surface area contributed by atoms with E-state index in [0.717, 1.165) is 10.9 Å². The number of rotatable bonds is 7. The third-order valence-corrected chi connectivity index (χ3v) is 3.43. The summed E-state index contributed by atoms with van der Waals surface area (Å²) in [7, 11) is -2.22. The summed E-state index contributed by atoms with van der Waals surface area (Å²) in [6, 6.07) is 0. The van der Waals surface area contributed by atoms with Gasteiger partial charge in [0.1, 0.15) is 5.56 Å². The van der Waals surface area contributed by atoms with Crippen molar-refractivity contribution in [1.82, 2.24) is 9.78 Å². The fourth-order valence-corrected chi connectivity index (χ4v) is 2.26. The van der Waals surface area contributed by atoms with Crippen LogP contribution in [-0.2, 0) is 21.8 Å². The van der Waals surface area contributed by atoms with E-state index in [-0.39, 0.29) is 29.8 Å². The lowest BCUT2D eigenvalue weighted by atomic mass is 10.3. The number of ether oxygens (including phenoxy) is 1. The molecule has 0 bridgehead atoms. The molecule has 9 heteroatoms. The maximum atomic E-state index is 11.8. The molecule has 1 aromatic rings. The summed E-state index contributed by atoms with van der Waals surface area (Å²) in [4.78, 5) is 10.9. The Morgan fingerprint density at radius 2 is 2.21 bits per heavy atom. The molecule has 0 aromatic carbocycles. The first-order chi connectivity index (χ1) is 8.73. The fourth-order valence-electron chi connectivity index (χ4n) is 1.31. The first-order valence-electron chi connectivity index (χ1n) is 5.60. The van der Waals surface area contributed by atoms with Crippen molar-refractivity contribution in [3.8, 4) is 0 Å². The number of sulfonamides is 1. The Morgan fingerprint density at radius 1 is 1.58 bits per heavy atom. The van der Waals surface area contributed by atoms with Crippen LogP contribution in [0.25, 0.3) is 0 Å². The Kier molecular flexibility index (Phi) is 4.90. The van der Waals surface area contributed by atoms with E-state index >= 15 is 0 Å². The predicted octanol–water partition coefficient (Wildman–Crippen LogP) is 0.285. The van der Waals surface area contributed by atoms with Gasteiger partial charge in [-0.05, 0) is 13.8 Å². The molecule has 0 fully saturated rings. The third kappa shape index (κ3) is 4.52. The second-order valence-corrected chi connectivity index (χ2v) is 6.02. The van der Waals surface area contributed by atoms with Gasteiger partial charge >= 0.3 is 5.97 Å². The lowest BCUT2D eigenvalue weighted by Gasteiger charge is -2.10. The third-order valence-electron chi connectivity index (χ3n) is 2.22. The molecule has 1 rings (SSSR count). The van der Waals surface area contributed by atoms with E-state index < -0.39 is 16.0 Å². The quantitative estimate of drug-likeness (QED) is 0.746. The van der Waals surface area contributed by atoms with Crippen molar-refractivity contribution in [2.45, 2.75) is 20.0 Å². The molecule has 0 aliphatic rings. The van der Waals surface area contributed by atoms with E-state index in [1.165, 1.54) is 7.05 Å². The molecule has 0 saturated carbocycles. The van der Waals surface area contributed by atoms with Gasteiger partial charge < -0.3 is 9.84 Å². The Bertz CT molecular complexity index is 550. The molecule has 0 amide bonds. The molecule has 0 saturated heterocycles. The molecule has 8 nitrogen and oxygen atoms in total. The molecular weight excluding hydrogens is 274 g/mol. The zero-order valence-corrected chi connectivity index (χ0v) is 11.8. The van der Waals surface area contributed by atoms with Gasteiger partial charge in [-0.3, -0.25) is 9.40 Å². The maximum Gasteiger partial charge on any atom is 0.341 e. The molecule has 2 N–H and O–H groups in total. The highest BCUT2D eigenvalue weighted by Gasteiger charge is 2.20. The Morgan fingerprint density at radius 3 is 2.74 bits per heavy atom. The molecule has 19 heavy (non-hydrogen) atoms. The highest BCUT2D eigenvalue weighted by atomic mass is 32.2. The SMILES string of the molecule is CC(C)OCCS(=O)(=O)Nc1c(C(=O)O)cnn1C. The Balaban J connectivity index is 2.78. The average Bonchev–Trinajstić information content (AvgIpc) is 2.59.